The van der Waals surface area contributed by atoms with Crippen molar-refractivity contribution in [2.24, 2.45) is 0 Å². The number of amides is 2. The Kier molecular flexibility index (Phi) is 11.8. The SMILES string of the molecule is CCCCNC(=O)[C@@H](Cc1ccccc1)N(Cc1ccccc1C)C(=O)CN(c1ccccc1)S(=O)(=O)c1ccc(OC)cc1. The van der Waals surface area contributed by atoms with Gasteiger partial charge < -0.3 is 15.0 Å². The van der Waals surface area contributed by atoms with Crippen LogP contribution in [0.4, 0.5) is 5.69 Å². The zero-order chi connectivity index (χ0) is 32.2. The second-order valence-electron chi connectivity index (χ2n) is 10.8. The number of hydrogen-bond acceptors (Lipinski definition) is 5. The number of rotatable bonds is 15. The molecule has 236 valence electrons. The number of hydrogen-bond donors (Lipinski definition) is 1. The molecule has 4 aromatic rings. The van der Waals surface area contributed by atoms with Crippen LogP contribution in [0.5, 0.6) is 5.75 Å². The van der Waals surface area contributed by atoms with Crippen LogP contribution in [0.3, 0.4) is 0 Å². The Labute approximate surface area is 266 Å². The Morgan fingerprint density at radius 1 is 0.844 bits per heavy atom. The molecule has 0 bridgehead atoms. The summed E-state index contributed by atoms with van der Waals surface area (Å²) in [5, 5.41) is 3.02. The van der Waals surface area contributed by atoms with Crippen LogP contribution in [0.2, 0.25) is 0 Å². The molecule has 1 N–H and O–H groups in total. The minimum absolute atomic E-state index is 0.0172. The van der Waals surface area contributed by atoms with Gasteiger partial charge in [0.25, 0.3) is 10.0 Å². The van der Waals surface area contributed by atoms with Gasteiger partial charge in [0.15, 0.2) is 0 Å². The Bertz CT molecular complexity index is 1650. The van der Waals surface area contributed by atoms with Crippen molar-refractivity contribution in [2.75, 3.05) is 24.5 Å². The molecule has 45 heavy (non-hydrogen) atoms. The van der Waals surface area contributed by atoms with Gasteiger partial charge in [-0.2, -0.15) is 0 Å². The predicted molar refractivity (Wildman–Crippen MR) is 178 cm³/mol. The van der Waals surface area contributed by atoms with Crippen LogP contribution in [0, 0.1) is 6.92 Å². The Balaban J connectivity index is 1.77. The Hall–Kier alpha value is -4.63. The minimum Gasteiger partial charge on any atom is -0.497 e. The van der Waals surface area contributed by atoms with Crippen molar-refractivity contribution < 1.29 is 22.7 Å². The maximum atomic E-state index is 14.5. The van der Waals surface area contributed by atoms with Crippen LogP contribution in [0.1, 0.15) is 36.5 Å². The fraction of sp³-hybridized carbons (Fsp3) is 0.278. The molecule has 0 aliphatic rings. The summed E-state index contributed by atoms with van der Waals surface area (Å²) < 4.78 is 34.5. The summed E-state index contributed by atoms with van der Waals surface area (Å²) in [4.78, 5) is 29.9. The lowest BCUT2D eigenvalue weighted by molar-refractivity contribution is -0.140. The number of benzene rings is 4. The third kappa shape index (κ3) is 8.73. The molecule has 0 spiro atoms. The third-order valence-electron chi connectivity index (χ3n) is 7.67. The number of nitrogens with one attached hydrogen (secondary N) is 1. The highest BCUT2D eigenvalue weighted by atomic mass is 32.2. The molecule has 0 radical (unpaired) electrons. The van der Waals surface area contributed by atoms with Crippen molar-refractivity contribution in [1.82, 2.24) is 10.2 Å². The van der Waals surface area contributed by atoms with E-state index in [4.69, 9.17) is 4.74 Å². The average molecular weight is 628 g/mol. The minimum atomic E-state index is -4.18. The zero-order valence-corrected chi connectivity index (χ0v) is 26.9. The first-order valence-corrected chi connectivity index (χ1v) is 16.6. The first kappa shape index (κ1) is 33.3. The molecule has 0 aromatic heterocycles. The normalized spacial score (nSPS) is 11.8. The number of unbranched alkanes of at least 4 members (excludes halogenated alkanes) is 1. The first-order valence-electron chi connectivity index (χ1n) is 15.1. The molecule has 0 heterocycles. The molecule has 2 amide bonds. The smallest absolute Gasteiger partial charge is 0.264 e. The second-order valence-corrected chi connectivity index (χ2v) is 12.7. The van der Waals surface area contributed by atoms with E-state index in [1.54, 1.807) is 42.5 Å². The number of para-hydroxylation sites is 1. The van der Waals surface area contributed by atoms with Crippen molar-refractivity contribution >= 4 is 27.5 Å². The van der Waals surface area contributed by atoms with Crippen molar-refractivity contribution in [1.29, 1.82) is 0 Å². The summed E-state index contributed by atoms with van der Waals surface area (Å²) >= 11 is 0. The van der Waals surface area contributed by atoms with E-state index in [2.05, 4.69) is 5.32 Å². The number of aryl methyl sites for hydroxylation is 1. The van der Waals surface area contributed by atoms with E-state index in [0.29, 0.717) is 18.0 Å². The Morgan fingerprint density at radius 2 is 1.47 bits per heavy atom. The number of carbonyl (C=O) groups excluding carboxylic acids is 2. The van der Waals surface area contributed by atoms with Gasteiger partial charge in [0.2, 0.25) is 11.8 Å². The summed E-state index contributed by atoms with van der Waals surface area (Å²) in [5.74, 6) is -0.261. The number of ether oxygens (including phenoxy) is 1. The molecular weight excluding hydrogens is 586 g/mol. The van der Waals surface area contributed by atoms with Crippen LogP contribution in [-0.2, 0) is 32.6 Å². The van der Waals surface area contributed by atoms with Crippen LogP contribution in [-0.4, -0.2) is 51.4 Å². The molecule has 0 aliphatic heterocycles. The highest BCUT2D eigenvalue weighted by Gasteiger charge is 2.34. The third-order valence-corrected chi connectivity index (χ3v) is 9.46. The van der Waals surface area contributed by atoms with Gasteiger partial charge in [0.05, 0.1) is 17.7 Å². The average Bonchev–Trinajstić information content (AvgIpc) is 3.06. The van der Waals surface area contributed by atoms with Crippen LogP contribution in [0.25, 0.3) is 0 Å². The molecule has 4 rings (SSSR count). The molecule has 4 aromatic carbocycles. The summed E-state index contributed by atoms with van der Waals surface area (Å²) in [6.07, 6.45) is 1.98. The highest BCUT2D eigenvalue weighted by molar-refractivity contribution is 7.92. The fourth-order valence-electron chi connectivity index (χ4n) is 5.03. The largest absolute Gasteiger partial charge is 0.497 e. The topological polar surface area (TPSA) is 96.0 Å². The van der Waals surface area contributed by atoms with Crippen molar-refractivity contribution in [2.45, 2.75) is 50.6 Å². The molecule has 9 heteroatoms. The number of methoxy groups -OCH3 is 1. The van der Waals surface area contributed by atoms with Crippen LogP contribution >= 0.6 is 0 Å². The molecule has 0 saturated carbocycles. The van der Waals surface area contributed by atoms with E-state index in [1.165, 1.54) is 24.1 Å². The van der Waals surface area contributed by atoms with E-state index in [0.717, 1.165) is 33.8 Å². The summed E-state index contributed by atoms with van der Waals surface area (Å²) in [5.41, 5.74) is 3.06. The van der Waals surface area contributed by atoms with E-state index in [9.17, 15) is 18.0 Å². The lowest BCUT2D eigenvalue weighted by atomic mass is 10.0. The standard InChI is InChI=1S/C36H41N3O5S/c1-4-5-24-37-36(41)34(25-29-15-8-6-9-16-29)38(26-30-17-13-12-14-28(30)2)35(40)27-39(31-18-10-7-11-19-31)45(42,43)33-22-20-32(44-3)21-23-33/h6-23,34H,4-5,24-27H2,1-3H3,(H,37,41)/t34-/m1/s1. The lowest BCUT2D eigenvalue weighted by Crippen LogP contribution is -2.53. The first-order chi connectivity index (χ1) is 21.7. The molecule has 0 fully saturated rings. The predicted octanol–water partition coefficient (Wildman–Crippen LogP) is 5.76. The van der Waals surface area contributed by atoms with Crippen LogP contribution in [0.15, 0.2) is 114 Å². The fourth-order valence-corrected chi connectivity index (χ4v) is 6.44. The highest BCUT2D eigenvalue weighted by Crippen LogP contribution is 2.26. The molecule has 0 saturated heterocycles. The van der Waals surface area contributed by atoms with Crippen molar-refractivity contribution in [3.63, 3.8) is 0 Å². The van der Waals surface area contributed by atoms with Gasteiger partial charge in [-0.25, -0.2) is 8.42 Å². The maximum absolute atomic E-state index is 14.5. The summed E-state index contributed by atoms with van der Waals surface area (Å²) in [6, 6.07) is 30.9. The monoisotopic (exact) mass is 627 g/mol. The van der Waals surface area contributed by atoms with Crippen LogP contribution < -0.4 is 14.4 Å². The quantitative estimate of drug-likeness (QED) is 0.169. The number of nitrogens with zero attached hydrogens (tertiary/aromatic N) is 2. The van der Waals surface area contributed by atoms with Gasteiger partial charge >= 0.3 is 0 Å². The van der Waals surface area contributed by atoms with Gasteiger partial charge in [-0.05, 0) is 66.4 Å². The molecule has 0 unspecified atom stereocenters. The molecule has 8 nitrogen and oxygen atoms in total. The van der Waals surface area contributed by atoms with Gasteiger partial charge in [0.1, 0.15) is 18.3 Å². The number of carbonyl (C=O) groups is 2. The van der Waals surface area contributed by atoms with E-state index >= 15 is 0 Å². The second kappa shape index (κ2) is 15.9. The van der Waals surface area contributed by atoms with Gasteiger partial charge in [0, 0.05) is 19.5 Å². The maximum Gasteiger partial charge on any atom is 0.264 e. The number of anilines is 1. The van der Waals surface area contributed by atoms with E-state index < -0.39 is 28.5 Å². The van der Waals surface area contributed by atoms with E-state index in [1.807, 2.05) is 68.4 Å². The lowest BCUT2D eigenvalue weighted by Gasteiger charge is -2.34. The van der Waals surface area contributed by atoms with Crippen molar-refractivity contribution in [3.05, 3.63) is 126 Å². The van der Waals surface area contributed by atoms with Gasteiger partial charge in [-0.1, -0.05) is 86.1 Å². The van der Waals surface area contributed by atoms with Gasteiger partial charge in [-0.3, -0.25) is 13.9 Å². The molecule has 1 atom stereocenters. The summed E-state index contributed by atoms with van der Waals surface area (Å²) in [6.45, 7) is 4.11. The Morgan fingerprint density at radius 3 is 2.09 bits per heavy atom. The van der Waals surface area contributed by atoms with Crippen molar-refractivity contribution in [3.8, 4) is 5.75 Å². The zero-order valence-electron chi connectivity index (χ0n) is 26.1. The van der Waals surface area contributed by atoms with E-state index in [-0.39, 0.29) is 23.8 Å². The summed E-state index contributed by atoms with van der Waals surface area (Å²) in [7, 11) is -2.68. The van der Waals surface area contributed by atoms with Gasteiger partial charge in [-0.15, -0.1) is 0 Å². The molecular formula is C36H41N3O5S. The molecule has 0 aliphatic carbocycles. The number of sulfonamides is 1.